The molecule has 0 spiro atoms. The van der Waals surface area contributed by atoms with Crippen LogP contribution in [0.5, 0.6) is 5.75 Å². The fourth-order valence-corrected chi connectivity index (χ4v) is 3.32. The predicted octanol–water partition coefficient (Wildman–Crippen LogP) is 2.55. The van der Waals surface area contributed by atoms with Crippen LogP contribution in [0.15, 0.2) is 24.3 Å². The quantitative estimate of drug-likeness (QED) is 0.791. The highest BCUT2D eigenvalue weighted by molar-refractivity contribution is 5.21. The van der Waals surface area contributed by atoms with Gasteiger partial charge < -0.3 is 9.64 Å². The molecule has 0 radical (unpaired) electrons. The van der Waals surface area contributed by atoms with Gasteiger partial charge in [0.05, 0.1) is 26.2 Å². The van der Waals surface area contributed by atoms with Crippen LogP contribution in [-0.2, 0) is 0 Å². The SMILES string of the molecule is CC1CC(C)C[NH+](CCCCOc2ccc(F)cc2)C1. The molecule has 1 saturated heterocycles. The third-order valence-electron chi connectivity index (χ3n) is 4.09. The number of nitrogens with one attached hydrogen (secondary N) is 1. The normalized spacial score (nSPS) is 26.4. The summed E-state index contributed by atoms with van der Waals surface area (Å²) < 4.78 is 18.4. The highest BCUT2D eigenvalue weighted by Crippen LogP contribution is 2.13. The van der Waals surface area contributed by atoms with Crippen molar-refractivity contribution in [2.75, 3.05) is 26.2 Å². The van der Waals surface area contributed by atoms with Gasteiger partial charge in [-0.25, -0.2) is 4.39 Å². The minimum Gasteiger partial charge on any atom is -0.494 e. The second kappa shape index (κ2) is 7.63. The van der Waals surface area contributed by atoms with Crippen molar-refractivity contribution in [1.82, 2.24) is 0 Å². The van der Waals surface area contributed by atoms with Gasteiger partial charge in [-0.3, -0.25) is 0 Å². The van der Waals surface area contributed by atoms with E-state index in [0.717, 1.165) is 30.6 Å². The lowest BCUT2D eigenvalue weighted by molar-refractivity contribution is -0.912. The summed E-state index contributed by atoms with van der Waals surface area (Å²) in [5.41, 5.74) is 0. The Morgan fingerprint density at radius 2 is 1.75 bits per heavy atom. The molecule has 0 saturated carbocycles. The molecule has 2 unspecified atom stereocenters. The molecule has 0 aromatic heterocycles. The van der Waals surface area contributed by atoms with Crippen LogP contribution in [0.2, 0.25) is 0 Å². The van der Waals surface area contributed by atoms with Crippen LogP contribution in [0.25, 0.3) is 0 Å². The zero-order valence-electron chi connectivity index (χ0n) is 12.7. The molecule has 2 rings (SSSR count). The fourth-order valence-electron chi connectivity index (χ4n) is 3.32. The first-order valence-corrected chi connectivity index (χ1v) is 7.85. The number of benzene rings is 1. The predicted molar refractivity (Wildman–Crippen MR) is 79.6 cm³/mol. The first-order chi connectivity index (χ1) is 9.63. The molecule has 1 N–H and O–H groups in total. The number of ether oxygens (including phenoxy) is 1. The molecule has 0 aliphatic carbocycles. The second-order valence-electron chi connectivity index (χ2n) is 6.36. The monoisotopic (exact) mass is 280 g/mol. The van der Waals surface area contributed by atoms with Crippen molar-refractivity contribution in [2.24, 2.45) is 11.8 Å². The lowest BCUT2D eigenvalue weighted by atomic mass is 9.92. The number of likely N-dealkylation sites (tertiary alicyclic amines) is 1. The lowest BCUT2D eigenvalue weighted by Gasteiger charge is -2.32. The molecule has 2 atom stereocenters. The summed E-state index contributed by atoms with van der Waals surface area (Å²) in [5.74, 6) is 2.28. The van der Waals surface area contributed by atoms with Crippen molar-refractivity contribution in [2.45, 2.75) is 33.1 Å². The van der Waals surface area contributed by atoms with Crippen LogP contribution in [0.3, 0.4) is 0 Å². The average Bonchev–Trinajstić information content (AvgIpc) is 2.39. The molecular formula is C17H27FNO+. The third-order valence-corrected chi connectivity index (χ3v) is 4.09. The van der Waals surface area contributed by atoms with E-state index in [2.05, 4.69) is 13.8 Å². The molecule has 3 heteroatoms. The Labute approximate surface area is 121 Å². The molecule has 1 aromatic carbocycles. The van der Waals surface area contributed by atoms with Gasteiger partial charge in [-0.05, 0) is 43.5 Å². The smallest absolute Gasteiger partial charge is 0.123 e. The number of piperidine rings is 1. The molecule has 1 fully saturated rings. The Morgan fingerprint density at radius 3 is 2.40 bits per heavy atom. The van der Waals surface area contributed by atoms with Crippen LogP contribution in [0.1, 0.15) is 33.1 Å². The molecule has 0 bridgehead atoms. The molecule has 1 aliphatic rings. The van der Waals surface area contributed by atoms with E-state index in [0.29, 0.717) is 0 Å². The summed E-state index contributed by atoms with van der Waals surface area (Å²) in [7, 11) is 0. The fraction of sp³-hybridized carbons (Fsp3) is 0.647. The standard InChI is InChI=1S/C17H26FNO/c1-14-11-15(2)13-19(12-14)9-3-4-10-20-17-7-5-16(18)6-8-17/h5-8,14-15H,3-4,9-13H2,1-2H3/p+1. The number of halogens is 1. The number of quaternary nitrogens is 1. The van der Waals surface area contributed by atoms with E-state index in [1.54, 1.807) is 17.0 Å². The Bertz CT molecular complexity index is 382. The summed E-state index contributed by atoms with van der Waals surface area (Å²) in [6, 6.07) is 6.26. The van der Waals surface area contributed by atoms with Gasteiger partial charge in [-0.1, -0.05) is 13.8 Å². The maximum atomic E-state index is 12.7. The van der Waals surface area contributed by atoms with E-state index in [1.165, 1.54) is 44.6 Å². The minimum atomic E-state index is -0.214. The molecule has 1 heterocycles. The van der Waals surface area contributed by atoms with Gasteiger partial charge in [0.1, 0.15) is 11.6 Å². The summed E-state index contributed by atoms with van der Waals surface area (Å²) in [5, 5.41) is 0. The summed E-state index contributed by atoms with van der Waals surface area (Å²) >= 11 is 0. The first kappa shape index (κ1) is 15.3. The summed E-state index contributed by atoms with van der Waals surface area (Å²) in [6.07, 6.45) is 3.66. The van der Waals surface area contributed by atoms with Crippen molar-refractivity contribution < 1.29 is 14.0 Å². The van der Waals surface area contributed by atoms with Crippen LogP contribution < -0.4 is 9.64 Å². The van der Waals surface area contributed by atoms with Crippen molar-refractivity contribution in [3.63, 3.8) is 0 Å². The van der Waals surface area contributed by atoms with Gasteiger partial charge in [-0.2, -0.15) is 0 Å². The van der Waals surface area contributed by atoms with Crippen LogP contribution in [0, 0.1) is 17.7 Å². The molecule has 1 aromatic rings. The number of hydrogen-bond donors (Lipinski definition) is 1. The van der Waals surface area contributed by atoms with Crippen LogP contribution in [0.4, 0.5) is 4.39 Å². The summed E-state index contributed by atoms with van der Waals surface area (Å²) in [4.78, 5) is 1.75. The van der Waals surface area contributed by atoms with Gasteiger partial charge in [0.25, 0.3) is 0 Å². The van der Waals surface area contributed by atoms with E-state index in [-0.39, 0.29) is 5.82 Å². The van der Waals surface area contributed by atoms with Crippen LogP contribution >= 0.6 is 0 Å². The maximum Gasteiger partial charge on any atom is 0.123 e. The van der Waals surface area contributed by atoms with Crippen molar-refractivity contribution in [1.29, 1.82) is 0 Å². The zero-order valence-corrected chi connectivity index (χ0v) is 12.7. The molecule has 112 valence electrons. The van der Waals surface area contributed by atoms with E-state index in [9.17, 15) is 4.39 Å². The molecule has 20 heavy (non-hydrogen) atoms. The lowest BCUT2D eigenvalue weighted by Crippen LogP contribution is -3.14. The van der Waals surface area contributed by atoms with Crippen molar-refractivity contribution in [3.05, 3.63) is 30.1 Å². The third kappa shape index (κ3) is 5.12. The Balaban J connectivity index is 1.58. The van der Waals surface area contributed by atoms with Gasteiger partial charge in [0, 0.05) is 11.8 Å². The Kier molecular flexibility index (Phi) is 5.84. The topological polar surface area (TPSA) is 13.7 Å². The molecular weight excluding hydrogens is 253 g/mol. The largest absolute Gasteiger partial charge is 0.494 e. The Hall–Kier alpha value is -1.09. The van der Waals surface area contributed by atoms with E-state index in [1.807, 2.05) is 0 Å². The molecule has 0 amide bonds. The van der Waals surface area contributed by atoms with Gasteiger partial charge in [0.15, 0.2) is 0 Å². The zero-order chi connectivity index (χ0) is 14.4. The van der Waals surface area contributed by atoms with E-state index >= 15 is 0 Å². The summed E-state index contributed by atoms with van der Waals surface area (Å²) in [6.45, 7) is 9.36. The highest BCUT2D eigenvalue weighted by atomic mass is 19.1. The van der Waals surface area contributed by atoms with Gasteiger partial charge >= 0.3 is 0 Å². The van der Waals surface area contributed by atoms with Crippen LogP contribution in [-0.4, -0.2) is 26.2 Å². The number of hydrogen-bond acceptors (Lipinski definition) is 1. The average molecular weight is 280 g/mol. The van der Waals surface area contributed by atoms with Gasteiger partial charge in [0.2, 0.25) is 0 Å². The van der Waals surface area contributed by atoms with Crippen molar-refractivity contribution >= 4 is 0 Å². The van der Waals surface area contributed by atoms with Gasteiger partial charge in [-0.15, -0.1) is 0 Å². The second-order valence-corrected chi connectivity index (χ2v) is 6.36. The Morgan fingerprint density at radius 1 is 1.10 bits per heavy atom. The van der Waals surface area contributed by atoms with Crippen molar-refractivity contribution in [3.8, 4) is 5.75 Å². The van der Waals surface area contributed by atoms with E-state index in [4.69, 9.17) is 4.74 Å². The maximum absolute atomic E-state index is 12.7. The highest BCUT2D eigenvalue weighted by Gasteiger charge is 2.24. The number of unbranched alkanes of at least 4 members (excludes halogenated alkanes) is 1. The first-order valence-electron chi connectivity index (χ1n) is 7.85. The number of rotatable bonds is 6. The molecule has 1 aliphatic heterocycles. The van der Waals surface area contributed by atoms with E-state index < -0.39 is 0 Å². The minimum absolute atomic E-state index is 0.214. The molecule has 2 nitrogen and oxygen atoms in total.